The smallest absolute Gasteiger partial charge is 0.0400 e. The van der Waals surface area contributed by atoms with Gasteiger partial charge in [0, 0.05) is 5.03 Å². The maximum Gasteiger partial charge on any atom is 0.0400 e. The first-order valence-electron chi connectivity index (χ1n) is 2.84. The molecule has 0 bridgehead atoms. The van der Waals surface area contributed by atoms with Crippen LogP contribution < -0.4 is 0 Å². The molecule has 0 unspecified atom stereocenters. The van der Waals surface area contributed by atoms with Gasteiger partial charge in [0.2, 0.25) is 0 Å². The van der Waals surface area contributed by atoms with E-state index in [1.54, 1.807) is 18.2 Å². The third-order valence-electron chi connectivity index (χ3n) is 0.915. The fourth-order valence-corrected chi connectivity index (χ4v) is 0.384. The zero-order valence-corrected chi connectivity index (χ0v) is 6.65. The quantitative estimate of drug-likeness (QED) is 0.422. The molecule has 10 heavy (non-hydrogen) atoms. The Labute approximate surface area is 66.9 Å². The summed E-state index contributed by atoms with van der Waals surface area (Å²) >= 11 is 5.60. The lowest BCUT2D eigenvalue weighted by atomic mass is 10.3. The van der Waals surface area contributed by atoms with Gasteiger partial charge in [-0.15, -0.1) is 6.42 Å². The van der Waals surface area contributed by atoms with Crippen molar-refractivity contribution in [3.05, 3.63) is 35.4 Å². The van der Waals surface area contributed by atoms with Crippen molar-refractivity contribution in [3.8, 4) is 12.3 Å². The summed E-state index contributed by atoms with van der Waals surface area (Å²) in [7, 11) is 0. The van der Waals surface area contributed by atoms with Gasteiger partial charge in [0.1, 0.15) is 0 Å². The molecule has 0 aromatic heterocycles. The van der Waals surface area contributed by atoms with Gasteiger partial charge in [0.05, 0.1) is 0 Å². The van der Waals surface area contributed by atoms with Gasteiger partial charge >= 0.3 is 0 Å². The molecule has 0 aromatic carbocycles. The Morgan fingerprint density at radius 3 is 2.60 bits per heavy atom. The molecule has 0 radical (unpaired) electrons. The lowest BCUT2D eigenvalue weighted by Gasteiger charge is -1.83. The maximum absolute atomic E-state index is 5.60. The van der Waals surface area contributed by atoms with Gasteiger partial charge in [0.15, 0.2) is 0 Å². The van der Waals surface area contributed by atoms with Crippen molar-refractivity contribution in [2.24, 2.45) is 0 Å². The molecule has 0 N–H and O–H groups in total. The molecule has 0 aliphatic heterocycles. The van der Waals surface area contributed by atoms with Gasteiger partial charge in [-0.3, -0.25) is 0 Å². The summed E-state index contributed by atoms with van der Waals surface area (Å²) in [6.07, 6.45) is 10.1. The Bertz CT molecular complexity index is 213. The average molecular weight is 153 g/mol. The number of hydrogen-bond donors (Lipinski definition) is 0. The lowest BCUT2D eigenvalue weighted by Crippen LogP contribution is -1.65. The summed E-state index contributed by atoms with van der Waals surface area (Å²) in [6, 6.07) is 0. The van der Waals surface area contributed by atoms with E-state index in [1.807, 2.05) is 6.92 Å². The van der Waals surface area contributed by atoms with Crippen molar-refractivity contribution < 1.29 is 0 Å². The first-order valence-corrected chi connectivity index (χ1v) is 3.21. The molecule has 0 rings (SSSR count). The molecule has 0 aromatic rings. The van der Waals surface area contributed by atoms with E-state index in [0.717, 1.165) is 5.57 Å². The van der Waals surface area contributed by atoms with E-state index in [-0.39, 0.29) is 0 Å². The molecule has 0 aliphatic carbocycles. The third-order valence-corrected chi connectivity index (χ3v) is 1.20. The summed E-state index contributed by atoms with van der Waals surface area (Å²) in [5.41, 5.74) is 0.847. The van der Waals surface area contributed by atoms with E-state index in [2.05, 4.69) is 12.5 Å². The van der Waals surface area contributed by atoms with Crippen LogP contribution in [0.2, 0.25) is 0 Å². The highest BCUT2D eigenvalue weighted by atomic mass is 35.5. The standard InChI is InChI=1S/C9H9Cl/c1-4-8(3)6-7-9(10)5-2/h1,5-7H,2H2,3H3/b8-6+,9-7+. The van der Waals surface area contributed by atoms with Gasteiger partial charge < -0.3 is 0 Å². The predicted molar refractivity (Wildman–Crippen MR) is 46.7 cm³/mol. The number of allylic oxidation sites excluding steroid dienone is 5. The van der Waals surface area contributed by atoms with Crippen molar-refractivity contribution in [2.75, 3.05) is 0 Å². The Morgan fingerprint density at radius 2 is 2.20 bits per heavy atom. The van der Waals surface area contributed by atoms with Gasteiger partial charge in [-0.1, -0.05) is 30.2 Å². The Hall–Kier alpha value is -0.930. The van der Waals surface area contributed by atoms with Crippen LogP contribution in [-0.2, 0) is 0 Å². The number of halogens is 1. The van der Waals surface area contributed by atoms with Crippen LogP contribution in [-0.4, -0.2) is 0 Å². The minimum Gasteiger partial charge on any atom is -0.115 e. The van der Waals surface area contributed by atoms with Gasteiger partial charge in [-0.05, 0) is 24.6 Å². The number of terminal acetylenes is 1. The Balaban J connectivity index is 4.21. The summed E-state index contributed by atoms with van der Waals surface area (Å²) in [5, 5.41) is 0.592. The van der Waals surface area contributed by atoms with E-state index >= 15 is 0 Å². The van der Waals surface area contributed by atoms with Crippen LogP contribution in [0.1, 0.15) is 6.92 Å². The summed E-state index contributed by atoms with van der Waals surface area (Å²) in [5.74, 6) is 2.47. The van der Waals surface area contributed by atoms with Crippen LogP contribution in [0.15, 0.2) is 35.4 Å². The van der Waals surface area contributed by atoms with Gasteiger partial charge in [-0.25, -0.2) is 0 Å². The molecule has 0 aliphatic rings. The normalized spacial score (nSPS) is 12.5. The first kappa shape index (κ1) is 9.07. The molecule has 0 atom stereocenters. The van der Waals surface area contributed by atoms with Crippen molar-refractivity contribution in [1.82, 2.24) is 0 Å². The average Bonchev–Trinajstić information content (AvgIpc) is 1.99. The third kappa shape index (κ3) is 4.00. The predicted octanol–water partition coefficient (Wildman–Crippen LogP) is 2.87. The Kier molecular flexibility index (Phi) is 4.45. The van der Waals surface area contributed by atoms with Crippen molar-refractivity contribution >= 4 is 11.6 Å². The second kappa shape index (κ2) is 4.90. The molecule has 0 saturated carbocycles. The van der Waals surface area contributed by atoms with E-state index < -0.39 is 0 Å². The molecule has 0 saturated heterocycles. The second-order valence-electron chi connectivity index (χ2n) is 1.75. The second-order valence-corrected chi connectivity index (χ2v) is 2.19. The fourth-order valence-electron chi connectivity index (χ4n) is 0.321. The molecule has 0 spiro atoms. The molecular weight excluding hydrogens is 144 g/mol. The zero-order chi connectivity index (χ0) is 7.98. The Morgan fingerprint density at radius 1 is 1.60 bits per heavy atom. The van der Waals surface area contributed by atoms with E-state index in [0.29, 0.717) is 5.03 Å². The molecule has 0 nitrogen and oxygen atoms in total. The highest BCUT2D eigenvalue weighted by Gasteiger charge is 1.79. The zero-order valence-electron chi connectivity index (χ0n) is 5.89. The van der Waals surface area contributed by atoms with Crippen LogP contribution in [0.4, 0.5) is 0 Å². The van der Waals surface area contributed by atoms with E-state index in [4.69, 9.17) is 18.0 Å². The van der Waals surface area contributed by atoms with Crippen LogP contribution in [0.25, 0.3) is 0 Å². The van der Waals surface area contributed by atoms with Crippen molar-refractivity contribution in [1.29, 1.82) is 0 Å². The van der Waals surface area contributed by atoms with Crippen LogP contribution in [0, 0.1) is 12.3 Å². The molecule has 1 heteroatoms. The molecule has 0 heterocycles. The van der Waals surface area contributed by atoms with Crippen LogP contribution in [0.5, 0.6) is 0 Å². The van der Waals surface area contributed by atoms with Gasteiger partial charge in [-0.2, -0.15) is 0 Å². The first-order chi connectivity index (χ1) is 4.70. The molecule has 52 valence electrons. The molecular formula is C9H9Cl. The summed E-state index contributed by atoms with van der Waals surface area (Å²) in [6.45, 7) is 5.32. The number of rotatable bonds is 2. The molecule has 0 fully saturated rings. The van der Waals surface area contributed by atoms with E-state index in [1.165, 1.54) is 0 Å². The summed E-state index contributed by atoms with van der Waals surface area (Å²) < 4.78 is 0. The van der Waals surface area contributed by atoms with Gasteiger partial charge in [0.25, 0.3) is 0 Å². The maximum atomic E-state index is 5.60. The lowest BCUT2D eigenvalue weighted by molar-refractivity contribution is 1.58. The molecule has 0 amide bonds. The largest absolute Gasteiger partial charge is 0.115 e. The van der Waals surface area contributed by atoms with Crippen LogP contribution in [0.3, 0.4) is 0 Å². The van der Waals surface area contributed by atoms with E-state index in [9.17, 15) is 0 Å². The van der Waals surface area contributed by atoms with Crippen molar-refractivity contribution in [3.63, 3.8) is 0 Å². The highest BCUT2D eigenvalue weighted by molar-refractivity contribution is 6.31. The minimum absolute atomic E-state index is 0.592. The van der Waals surface area contributed by atoms with Crippen LogP contribution >= 0.6 is 11.6 Å². The minimum atomic E-state index is 0.592. The fraction of sp³-hybridized carbons (Fsp3) is 0.111. The van der Waals surface area contributed by atoms with Crippen molar-refractivity contribution in [2.45, 2.75) is 6.92 Å². The topological polar surface area (TPSA) is 0 Å². The highest BCUT2D eigenvalue weighted by Crippen LogP contribution is 2.02. The number of hydrogen-bond acceptors (Lipinski definition) is 0. The SMILES string of the molecule is C#C/C(C)=C/C=C(/Cl)C=C. The summed E-state index contributed by atoms with van der Waals surface area (Å²) in [4.78, 5) is 0. The monoisotopic (exact) mass is 152 g/mol.